The van der Waals surface area contributed by atoms with Crippen LogP contribution in [-0.4, -0.2) is 61.6 Å². The number of nitrogens with zero attached hydrogens (tertiary/aromatic N) is 2. The molecule has 2 aromatic rings. The number of amides is 2. The second-order valence-electron chi connectivity index (χ2n) is 7.39. The maximum absolute atomic E-state index is 12.8. The van der Waals surface area contributed by atoms with Crippen LogP contribution in [0.5, 0.6) is 11.5 Å². The van der Waals surface area contributed by atoms with Crippen LogP contribution in [0.4, 0.5) is 5.69 Å². The van der Waals surface area contributed by atoms with Gasteiger partial charge in [0, 0.05) is 36.9 Å². The van der Waals surface area contributed by atoms with Crippen LogP contribution in [0.2, 0.25) is 5.02 Å². The van der Waals surface area contributed by atoms with Gasteiger partial charge in [0.15, 0.2) is 11.5 Å². The van der Waals surface area contributed by atoms with Crippen molar-refractivity contribution >= 4 is 29.1 Å². The van der Waals surface area contributed by atoms with Crippen LogP contribution in [0.15, 0.2) is 48.5 Å². The van der Waals surface area contributed by atoms with Gasteiger partial charge in [-0.25, -0.2) is 0 Å². The number of rotatable bonds is 4. The molecule has 2 heterocycles. The number of halogens is 1. The van der Waals surface area contributed by atoms with Gasteiger partial charge >= 0.3 is 0 Å². The SMILES string of the molecule is C[C@@H](NC(=O)[C@H]1COc2ccccc2O1)C(=O)N1CCN(c2cccc(Cl)c2)CC1. The zero-order valence-electron chi connectivity index (χ0n) is 16.7. The van der Waals surface area contributed by atoms with Gasteiger partial charge in [-0.15, -0.1) is 0 Å². The largest absolute Gasteiger partial charge is 0.485 e. The molecular formula is C22H24ClN3O4. The van der Waals surface area contributed by atoms with Crippen molar-refractivity contribution in [2.45, 2.75) is 19.1 Å². The van der Waals surface area contributed by atoms with Crippen molar-refractivity contribution in [1.29, 1.82) is 0 Å². The molecular weight excluding hydrogens is 406 g/mol. The molecule has 2 aliphatic rings. The predicted molar refractivity (Wildman–Crippen MR) is 114 cm³/mol. The van der Waals surface area contributed by atoms with Gasteiger partial charge in [-0.2, -0.15) is 0 Å². The Bertz CT molecular complexity index is 930. The van der Waals surface area contributed by atoms with E-state index >= 15 is 0 Å². The zero-order chi connectivity index (χ0) is 21.1. The molecule has 2 atom stereocenters. The lowest BCUT2D eigenvalue weighted by Gasteiger charge is -2.37. The topological polar surface area (TPSA) is 71.1 Å². The summed E-state index contributed by atoms with van der Waals surface area (Å²) >= 11 is 6.07. The highest BCUT2D eigenvalue weighted by Gasteiger charge is 2.31. The number of anilines is 1. The summed E-state index contributed by atoms with van der Waals surface area (Å²) in [5.74, 6) is 0.678. The molecule has 0 radical (unpaired) electrons. The van der Waals surface area contributed by atoms with Crippen molar-refractivity contribution in [3.63, 3.8) is 0 Å². The molecule has 0 unspecified atom stereocenters. The van der Waals surface area contributed by atoms with E-state index < -0.39 is 12.1 Å². The van der Waals surface area contributed by atoms with Crippen LogP contribution < -0.4 is 19.7 Å². The third kappa shape index (κ3) is 4.46. The van der Waals surface area contributed by atoms with Crippen molar-refractivity contribution in [3.8, 4) is 11.5 Å². The van der Waals surface area contributed by atoms with E-state index in [1.807, 2.05) is 36.4 Å². The fraction of sp³-hybridized carbons (Fsp3) is 0.364. The summed E-state index contributed by atoms with van der Waals surface area (Å²) in [4.78, 5) is 29.4. The number of nitrogens with one attached hydrogen (secondary N) is 1. The van der Waals surface area contributed by atoms with Crippen molar-refractivity contribution in [1.82, 2.24) is 10.2 Å². The first-order valence-corrected chi connectivity index (χ1v) is 10.4. The Kier molecular flexibility index (Phi) is 5.99. The summed E-state index contributed by atoms with van der Waals surface area (Å²) in [5, 5.41) is 3.46. The minimum Gasteiger partial charge on any atom is -0.485 e. The number of fused-ring (bicyclic) bond motifs is 1. The van der Waals surface area contributed by atoms with Crippen molar-refractivity contribution in [2.75, 3.05) is 37.7 Å². The summed E-state index contributed by atoms with van der Waals surface area (Å²) in [5.41, 5.74) is 1.05. The van der Waals surface area contributed by atoms with Crippen molar-refractivity contribution in [2.24, 2.45) is 0 Å². The molecule has 158 valence electrons. The highest BCUT2D eigenvalue weighted by atomic mass is 35.5. The van der Waals surface area contributed by atoms with Gasteiger partial charge in [-0.05, 0) is 37.3 Å². The van der Waals surface area contributed by atoms with E-state index in [4.69, 9.17) is 21.1 Å². The van der Waals surface area contributed by atoms with E-state index in [1.54, 1.807) is 24.0 Å². The number of benzene rings is 2. The number of piperazine rings is 1. The Morgan fingerprint density at radius 2 is 1.80 bits per heavy atom. The van der Waals surface area contributed by atoms with E-state index in [0.29, 0.717) is 42.7 Å². The summed E-state index contributed by atoms with van der Waals surface area (Å²) in [6, 6.07) is 14.3. The fourth-order valence-corrected chi connectivity index (χ4v) is 3.83. The molecule has 0 bridgehead atoms. The summed E-state index contributed by atoms with van der Waals surface area (Å²) in [7, 11) is 0. The van der Waals surface area contributed by atoms with Gasteiger partial charge in [0.05, 0.1) is 0 Å². The average molecular weight is 430 g/mol. The number of hydrogen-bond acceptors (Lipinski definition) is 5. The zero-order valence-corrected chi connectivity index (χ0v) is 17.5. The van der Waals surface area contributed by atoms with Gasteiger partial charge < -0.3 is 24.6 Å². The van der Waals surface area contributed by atoms with Crippen LogP contribution >= 0.6 is 11.6 Å². The average Bonchev–Trinajstić information content (AvgIpc) is 2.78. The summed E-state index contributed by atoms with van der Waals surface area (Å²) < 4.78 is 11.3. The van der Waals surface area contributed by atoms with E-state index in [2.05, 4.69) is 10.2 Å². The molecule has 0 saturated carbocycles. The van der Waals surface area contributed by atoms with E-state index in [9.17, 15) is 9.59 Å². The third-order valence-electron chi connectivity index (χ3n) is 5.29. The van der Waals surface area contributed by atoms with Crippen molar-refractivity contribution < 1.29 is 19.1 Å². The Balaban J connectivity index is 1.28. The Hall–Kier alpha value is -2.93. The van der Waals surface area contributed by atoms with Gasteiger partial charge in [-0.3, -0.25) is 9.59 Å². The molecule has 1 N–H and O–H groups in total. The molecule has 2 aromatic carbocycles. The predicted octanol–water partition coefficient (Wildman–Crippen LogP) is 2.33. The van der Waals surface area contributed by atoms with Crippen LogP contribution in [-0.2, 0) is 9.59 Å². The molecule has 8 heteroatoms. The Morgan fingerprint density at radius 3 is 2.53 bits per heavy atom. The first-order valence-electron chi connectivity index (χ1n) is 9.99. The lowest BCUT2D eigenvalue weighted by atomic mass is 10.2. The monoisotopic (exact) mass is 429 g/mol. The molecule has 30 heavy (non-hydrogen) atoms. The molecule has 0 aliphatic carbocycles. The van der Waals surface area contributed by atoms with Gasteiger partial charge in [0.1, 0.15) is 12.6 Å². The van der Waals surface area contributed by atoms with E-state index in [1.165, 1.54) is 0 Å². The Morgan fingerprint density at radius 1 is 1.07 bits per heavy atom. The minimum absolute atomic E-state index is 0.105. The van der Waals surface area contributed by atoms with Crippen molar-refractivity contribution in [3.05, 3.63) is 53.6 Å². The molecule has 4 rings (SSSR count). The molecule has 2 aliphatic heterocycles. The smallest absolute Gasteiger partial charge is 0.265 e. The first-order chi connectivity index (χ1) is 14.5. The van der Waals surface area contributed by atoms with Crippen LogP contribution in [0, 0.1) is 0 Å². The quantitative estimate of drug-likeness (QED) is 0.807. The third-order valence-corrected chi connectivity index (χ3v) is 5.53. The molecule has 0 spiro atoms. The lowest BCUT2D eigenvalue weighted by molar-refractivity contribution is -0.139. The number of carbonyl (C=O) groups is 2. The molecule has 0 aromatic heterocycles. The number of ether oxygens (including phenoxy) is 2. The van der Waals surface area contributed by atoms with Crippen LogP contribution in [0.25, 0.3) is 0 Å². The lowest BCUT2D eigenvalue weighted by Crippen LogP contribution is -2.56. The maximum Gasteiger partial charge on any atom is 0.265 e. The van der Waals surface area contributed by atoms with Gasteiger partial charge in [0.2, 0.25) is 12.0 Å². The molecule has 1 saturated heterocycles. The second-order valence-corrected chi connectivity index (χ2v) is 7.82. The normalized spacial score (nSPS) is 19.2. The maximum atomic E-state index is 12.8. The number of carbonyl (C=O) groups excluding carboxylic acids is 2. The molecule has 2 amide bonds. The highest BCUT2D eigenvalue weighted by molar-refractivity contribution is 6.30. The van der Waals surface area contributed by atoms with Crippen LogP contribution in [0.3, 0.4) is 0 Å². The Labute approximate surface area is 180 Å². The van der Waals surface area contributed by atoms with E-state index in [0.717, 1.165) is 5.69 Å². The molecule has 1 fully saturated rings. The second kappa shape index (κ2) is 8.83. The number of hydrogen-bond donors (Lipinski definition) is 1. The minimum atomic E-state index is -0.783. The van der Waals surface area contributed by atoms with E-state index in [-0.39, 0.29) is 18.4 Å². The highest BCUT2D eigenvalue weighted by Crippen LogP contribution is 2.30. The van der Waals surface area contributed by atoms with Gasteiger partial charge in [0.25, 0.3) is 5.91 Å². The standard InChI is InChI=1S/C22H24ClN3O4/c1-15(24-21(27)20-14-29-18-7-2-3-8-19(18)30-20)22(28)26-11-9-25(10-12-26)17-6-4-5-16(23)13-17/h2-8,13,15,20H,9-12,14H2,1H3,(H,24,27)/t15-,20-/m1/s1. The summed E-state index contributed by atoms with van der Waals surface area (Å²) in [6.07, 6.45) is -0.783. The first kappa shape index (κ1) is 20.3. The summed E-state index contributed by atoms with van der Waals surface area (Å²) in [6.45, 7) is 4.40. The van der Waals surface area contributed by atoms with Crippen LogP contribution in [0.1, 0.15) is 6.92 Å². The fourth-order valence-electron chi connectivity index (χ4n) is 3.65. The van der Waals surface area contributed by atoms with Gasteiger partial charge in [-0.1, -0.05) is 29.8 Å². The molecule has 7 nitrogen and oxygen atoms in total. The number of para-hydroxylation sites is 2.